The smallest absolute Gasteiger partial charge is 0.331 e. The van der Waals surface area contributed by atoms with E-state index in [4.69, 9.17) is 9.47 Å². The van der Waals surface area contributed by atoms with Crippen molar-refractivity contribution in [2.45, 2.75) is 118 Å². The first-order chi connectivity index (χ1) is 18.9. The molecular weight excluding hydrogens is 504 g/mol. The maximum absolute atomic E-state index is 12.6. The van der Waals surface area contributed by atoms with Gasteiger partial charge in [0, 0.05) is 18.9 Å². The van der Waals surface area contributed by atoms with Gasteiger partial charge in [0.15, 0.2) is 0 Å². The van der Waals surface area contributed by atoms with E-state index < -0.39 is 18.2 Å². The highest BCUT2D eigenvalue weighted by molar-refractivity contribution is 5.82. The van der Waals surface area contributed by atoms with E-state index in [0.717, 1.165) is 29.6 Å². The first kappa shape index (κ1) is 35.3. The second-order valence-electron chi connectivity index (χ2n) is 11.3. The van der Waals surface area contributed by atoms with Gasteiger partial charge in [0.1, 0.15) is 12.2 Å². The maximum atomic E-state index is 12.6. The van der Waals surface area contributed by atoms with Crippen LogP contribution in [-0.2, 0) is 19.1 Å². The number of hydrogen-bond donors (Lipinski definition) is 2. The molecule has 0 spiro atoms. The summed E-state index contributed by atoms with van der Waals surface area (Å²) < 4.78 is 11.4. The molecule has 1 heterocycles. The molecule has 5 atom stereocenters. The molecule has 0 aromatic heterocycles. The molecule has 0 aliphatic carbocycles. The Morgan fingerprint density at radius 2 is 1.77 bits per heavy atom. The zero-order chi connectivity index (χ0) is 30.1. The van der Waals surface area contributed by atoms with Crippen LogP contribution in [0.5, 0.6) is 0 Å². The molecule has 0 unspecified atom stereocenters. The third-order valence-corrected chi connectivity index (χ3v) is 6.91. The van der Waals surface area contributed by atoms with Gasteiger partial charge in [-0.25, -0.2) is 4.79 Å². The highest BCUT2D eigenvalue weighted by Crippen LogP contribution is 2.22. The maximum Gasteiger partial charge on any atom is 0.331 e. The molecule has 1 aliphatic rings. The van der Waals surface area contributed by atoms with Crippen LogP contribution in [0.15, 0.2) is 71.4 Å². The molecule has 2 N–H and O–H groups in total. The van der Waals surface area contributed by atoms with E-state index in [1.807, 2.05) is 52.0 Å². The molecule has 1 aliphatic heterocycles. The van der Waals surface area contributed by atoms with E-state index in [1.165, 1.54) is 6.08 Å². The summed E-state index contributed by atoms with van der Waals surface area (Å²) in [6.07, 6.45) is 19.1. The zero-order valence-electron chi connectivity index (χ0n) is 25.6. The summed E-state index contributed by atoms with van der Waals surface area (Å²) in [5, 5.41) is 19.9. The zero-order valence-corrected chi connectivity index (χ0v) is 25.6. The molecular formula is C34H52O6. The Morgan fingerprint density at radius 3 is 2.45 bits per heavy atom. The molecule has 0 saturated carbocycles. The average Bonchev–Trinajstić information content (AvgIpc) is 2.87. The first-order valence-electron chi connectivity index (χ1n) is 14.7. The van der Waals surface area contributed by atoms with Crippen molar-refractivity contribution in [3.63, 3.8) is 0 Å². The van der Waals surface area contributed by atoms with Gasteiger partial charge in [-0.1, -0.05) is 99.4 Å². The number of carbonyl (C=O) groups excluding carboxylic acids is 2. The molecule has 0 aromatic carbocycles. The summed E-state index contributed by atoms with van der Waals surface area (Å²) in [5.41, 5.74) is 2.77. The van der Waals surface area contributed by atoms with Crippen molar-refractivity contribution in [1.29, 1.82) is 0 Å². The van der Waals surface area contributed by atoms with Crippen molar-refractivity contribution in [2.24, 2.45) is 11.8 Å². The summed E-state index contributed by atoms with van der Waals surface area (Å²) in [6, 6.07) is 0. The fourth-order valence-electron chi connectivity index (χ4n) is 4.38. The van der Waals surface area contributed by atoms with Crippen LogP contribution in [0.3, 0.4) is 0 Å². The fourth-order valence-corrected chi connectivity index (χ4v) is 4.38. The van der Waals surface area contributed by atoms with E-state index in [2.05, 4.69) is 32.9 Å². The lowest BCUT2D eigenvalue weighted by molar-refractivity contribution is -0.151. The number of aliphatic hydroxyl groups excluding tert-OH is 2. The van der Waals surface area contributed by atoms with Crippen molar-refractivity contribution >= 4 is 11.9 Å². The Hall–Kier alpha value is -2.70. The highest BCUT2D eigenvalue weighted by atomic mass is 16.5. The number of cyclic esters (lactones) is 1. The number of rotatable bonds is 11. The van der Waals surface area contributed by atoms with E-state index in [9.17, 15) is 19.8 Å². The Balaban J connectivity index is 2.73. The van der Waals surface area contributed by atoms with Crippen molar-refractivity contribution < 1.29 is 29.3 Å². The minimum atomic E-state index is -0.874. The van der Waals surface area contributed by atoms with E-state index >= 15 is 0 Å². The number of hydrogen-bond acceptors (Lipinski definition) is 6. The SMILES string of the molecule is CCC[C@H](O)[C@@H](O)/C=C(C)/C=C/C=C(C)/C=C(C)/C=C/C(=O)O[C@H]1CCCC(=O)O[C@@H](C(C)C)C/C=C\C[C@@H]1C. The molecule has 1 rings (SSSR count). The largest absolute Gasteiger partial charge is 0.462 e. The van der Waals surface area contributed by atoms with Crippen LogP contribution in [0.25, 0.3) is 0 Å². The van der Waals surface area contributed by atoms with Crippen molar-refractivity contribution in [2.75, 3.05) is 0 Å². The van der Waals surface area contributed by atoms with Gasteiger partial charge < -0.3 is 19.7 Å². The summed E-state index contributed by atoms with van der Waals surface area (Å²) in [6.45, 7) is 13.9. The number of carbonyl (C=O) groups is 2. The molecule has 40 heavy (non-hydrogen) atoms. The minimum absolute atomic E-state index is 0.103. The second-order valence-corrected chi connectivity index (χ2v) is 11.3. The van der Waals surface area contributed by atoms with Crippen LogP contribution in [-0.4, -0.2) is 46.6 Å². The van der Waals surface area contributed by atoms with Crippen LogP contribution in [0.4, 0.5) is 0 Å². The summed E-state index contributed by atoms with van der Waals surface area (Å²) >= 11 is 0. The molecule has 6 heteroatoms. The van der Waals surface area contributed by atoms with Gasteiger partial charge in [-0.3, -0.25) is 4.79 Å². The quantitative estimate of drug-likeness (QED) is 0.122. The molecule has 0 radical (unpaired) electrons. The average molecular weight is 557 g/mol. The third kappa shape index (κ3) is 15.2. The van der Waals surface area contributed by atoms with Gasteiger partial charge >= 0.3 is 11.9 Å². The summed E-state index contributed by atoms with van der Waals surface area (Å²) in [4.78, 5) is 24.9. The minimum Gasteiger partial charge on any atom is -0.462 e. The van der Waals surface area contributed by atoms with Gasteiger partial charge in [0.25, 0.3) is 0 Å². The van der Waals surface area contributed by atoms with Crippen molar-refractivity contribution in [3.05, 3.63) is 71.4 Å². The monoisotopic (exact) mass is 556 g/mol. The van der Waals surface area contributed by atoms with Gasteiger partial charge in [-0.05, 0) is 58.3 Å². The first-order valence-corrected chi connectivity index (χ1v) is 14.7. The van der Waals surface area contributed by atoms with Crippen LogP contribution < -0.4 is 0 Å². The Morgan fingerprint density at radius 1 is 1.07 bits per heavy atom. The van der Waals surface area contributed by atoms with Crippen LogP contribution >= 0.6 is 0 Å². The van der Waals surface area contributed by atoms with E-state index in [0.29, 0.717) is 32.1 Å². The van der Waals surface area contributed by atoms with Gasteiger partial charge in [-0.2, -0.15) is 0 Å². The normalized spacial score (nSPS) is 24.9. The van der Waals surface area contributed by atoms with Gasteiger partial charge in [-0.15, -0.1) is 0 Å². The summed E-state index contributed by atoms with van der Waals surface area (Å²) in [5.74, 6) is -0.184. The lowest BCUT2D eigenvalue weighted by atomic mass is 9.94. The predicted molar refractivity (Wildman–Crippen MR) is 162 cm³/mol. The molecule has 224 valence electrons. The molecule has 0 fully saturated rings. The number of aliphatic hydroxyl groups is 2. The van der Waals surface area contributed by atoms with Gasteiger partial charge in [0.05, 0.1) is 12.2 Å². The third-order valence-electron chi connectivity index (χ3n) is 6.91. The standard InChI is InChI=1S/C34H52O6/c1-8-13-29(35)30(36)23-26(5)15-11-14-25(4)22-27(6)20-21-34(38)40-32-18-12-19-33(37)39-31(24(2)3)17-10-9-16-28(32)7/h9-11,14-15,20-24,28-32,35-36H,8,12-13,16-19H2,1-7H3/b10-9-,15-11+,21-20+,25-14+,26-23+,27-22+/t28-,29-,30-,31+,32-/m0/s1. The molecule has 0 bridgehead atoms. The number of esters is 2. The predicted octanol–water partition coefficient (Wildman–Crippen LogP) is 7.10. The van der Waals surface area contributed by atoms with Crippen LogP contribution in [0, 0.1) is 11.8 Å². The molecule has 0 saturated heterocycles. The molecule has 0 aromatic rings. The Bertz CT molecular complexity index is 965. The number of ether oxygens (including phenoxy) is 2. The van der Waals surface area contributed by atoms with Crippen molar-refractivity contribution in [1.82, 2.24) is 0 Å². The van der Waals surface area contributed by atoms with Crippen LogP contribution in [0.2, 0.25) is 0 Å². The van der Waals surface area contributed by atoms with Crippen LogP contribution in [0.1, 0.15) is 93.4 Å². The lowest BCUT2D eigenvalue weighted by Gasteiger charge is -2.24. The highest BCUT2D eigenvalue weighted by Gasteiger charge is 2.23. The fraction of sp³-hybridized carbons (Fsp3) is 0.588. The van der Waals surface area contributed by atoms with E-state index in [1.54, 1.807) is 12.2 Å². The summed E-state index contributed by atoms with van der Waals surface area (Å²) in [7, 11) is 0. The van der Waals surface area contributed by atoms with E-state index in [-0.39, 0.29) is 30.0 Å². The topological polar surface area (TPSA) is 93.1 Å². The molecule has 0 amide bonds. The van der Waals surface area contributed by atoms with Gasteiger partial charge in [0.2, 0.25) is 0 Å². The lowest BCUT2D eigenvalue weighted by Crippen LogP contribution is -2.26. The Kier molecular flexibility index (Phi) is 17.1. The second kappa shape index (κ2) is 19.4. The number of allylic oxidation sites excluding steroid dienone is 9. The Labute approximate surface area is 242 Å². The van der Waals surface area contributed by atoms with Crippen molar-refractivity contribution in [3.8, 4) is 0 Å². The molecule has 6 nitrogen and oxygen atoms in total.